The lowest BCUT2D eigenvalue weighted by atomic mass is 9.83. The van der Waals surface area contributed by atoms with Crippen LogP contribution in [0, 0.1) is 5.92 Å². The van der Waals surface area contributed by atoms with Gasteiger partial charge in [-0.25, -0.2) is 0 Å². The highest BCUT2D eigenvalue weighted by molar-refractivity contribution is 5.10. The Morgan fingerprint density at radius 1 is 1.05 bits per heavy atom. The van der Waals surface area contributed by atoms with E-state index in [2.05, 4.69) is 24.1 Å². The lowest BCUT2D eigenvalue weighted by molar-refractivity contribution is 0.00460. The third kappa shape index (κ3) is 3.47. The van der Waals surface area contributed by atoms with Crippen LogP contribution in [0.5, 0.6) is 0 Å². The Kier molecular flexibility index (Phi) is 4.95. The zero-order valence-electron chi connectivity index (χ0n) is 14.4. The highest BCUT2D eigenvalue weighted by Crippen LogP contribution is 2.45. The number of hydrogen-bond donors (Lipinski definition) is 1. The summed E-state index contributed by atoms with van der Waals surface area (Å²) >= 11 is 0. The van der Waals surface area contributed by atoms with Gasteiger partial charge in [0.15, 0.2) is 0 Å². The maximum atomic E-state index is 3.99. The molecule has 1 heterocycles. The predicted octanol–water partition coefficient (Wildman–Crippen LogP) is 4.34. The van der Waals surface area contributed by atoms with Crippen LogP contribution < -0.4 is 5.32 Å². The molecule has 0 radical (unpaired) electrons. The second-order valence-corrected chi connectivity index (χ2v) is 8.31. The fourth-order valence-corrected chi connectivity index (χ4v) is 4.84. The molecule has 122 valence electrons. The molecular formula is C19H36N2. The van der Waals surface area contributed by atoms with Gasteiger partial charge in [-0.2, -0.15) is 0 Å². The van der Waals surface area contributed by atoms with Crippen molar-refractivity contribution in [2.45, 2.75) is 95.6 Å². The largest absolute Gasteiger partial charge is 0.308 e. The molecule has 3 fully saturated rings. The van der Waals surface area contributed by atoms with E-state index in [1.807, 2.05) is 0 Å². The van der Waals surface area contributed by atoms with Crippen molar-refractivity contribution in [3.8, 4) is 0 Å². The lowest BCUT2D eigenvalue weighted by Crippen LogP contribution is -2.69. The number of piperazine rings is 1. The molecule has 1 atom stereocenters. The van der Waals surface area contributed by atoms with Crippen LogP contribution in [-0.2, 0) is 0 Å². The molecule has 0 amide bonds. The van der Waals surface area contributed by atoms with Gasteiger partial charge in [0.1, 0.15) is 0 Å². The predicted molar refractivity (Wildman–Crippen MR) is 90.7 cm³/mol. The summed E-state index contributed by atoms with van der Waals surface area (Å²) in [6.45, 7) is 8.73. The molecule has 0 aromatic heterocycles. The van der Waals surface area contributed by atoms with E-state index < -0.39 is 0 Å². The average Bonchev–Trinajstić information content (AvgIpc) is 3.24. The molecule has 2 nitrogen and oxygen atoms in total. The topological polar surface area (TPSA) is 15.3 Å². The smallest absolute Gasteiger partial charge is 0.0334 e. The van der Waals surface area contributed by atoms with Gasteiger partial charge in [-0.05, 0) is 51.5 Å². The van der Waals surface area contributed by atoms with Gasteiger partial charge in [0.2, 0.25) is 0 Å². The summed E-state index contributed by atoms with van der Waals surface area (Å²) in [4.78, 5) is 2.93. The maximum Gasteiger partial charge on any atom is 0.0334 e. The van der Waals surface area contributed by atoms with E-state index in [0.717, 1.165) is 5.92 Å². The standard InChI is InChI=1S/C19H36N2/c1-3-4-5-6-9-14-21-16-18(2,17-10-11-17)20-15-19(21)12-7-8-13-19/h17,20H,3-16H2,1-2H3. The quantitative estimate of drug-likeness (QED) is 0.702. The number of nitrogens with one attached hydrogen (secondary N) is 1. The number of unbranched alkanes of at least 4 members (excludes halogenated alkanes) is 4. The number of hydrogen-bond acceptors (Lipinski definition) is 2. The Hall–Kier alpha value is -0.0800. The first-order valence-electron chi connectivity index (χ1n) is 9.69. The summed E-state index contributed by atoms with van der Waals surface area (Å²) in [5.74, 6) is 0.957. The van der Waals surface area contributed by atoms with Crippen molar-refractivity contribution < 1.29 is 0 Å². The fourth-order valence-electron chi connectivity index (χ4n) is 4.84. The van der Waals surface area contributed by atoms with E-state index in [-0.39, 0.29) is 0 Å². The second kappa shape index (κ2) is 6.58. The molecular weight excluding hydrogens is 256 g/mol. The number of rotatable bonds is 7. The average molecular weight is 293 g/mol. The van der Waals surface area contributed by atoms with E-state index >= 15 is 0 Å². The normalized spacial score (nSPS) is 32.9. The molecule has 1 unspecified atom stereocenters. The van der Waals surface area contributed by atoms with Gasteiger partial charge in [-0.1, -0.05) is 45.4 Å². The molecule has 1 spiro atoms. The zero-order valence-corrected chi connectivity index (χ0v) is 14.4. The van der Waals surface area contributed by atoms with Crippen LogP contribution in [0.15, 0.2) is 0 Å². The molecule has 3 rings (SSSR count). The molecule has 1 saturated heterocycles. The maximum absolute atomic E-state index is 3.99. The molecule has 0 aromatic rings. The molecule has 0 aromatic carbocycles. The summed E-state index contributed by atoms with van der Waals surface area (Å²) in [6, 6.07) is 0. The van der Waals surface area contributed by atoms with Crippen molar-refractivity contribution in [3.63, 3.8) is 0 Å². The van der Waals surface area contributed by atoms with Crippen molar-refractivity contribution in [2.75, 3.05) is 19.6 Å². The molecule has 0 bridgehead atoms. The van der Waals surface area contributed by atoms with Gasteiger partial charge < -0.3 is 5.32 Å². The number of nitrogens with zero attached hydrogens (tertiary/aromatic N) is 1. The van der Waals surface area contributed by atoms with E-state index in [4.69, 9.17) is 0 Å². The lowest BCUT2D eigenvalue weighted by Gasteiger charge is -2.53. The monoisotopic (exact) mass is 292 g/mol. The summed E-state index contributed by atoms with van der Waals surface area (Å²) in [7, 11) is 0. The van der Waals surface area contributed by atoms with Crippen LogP contribution in [0.2, 0.25) is 0 Å². The van der Waals surface area contributed by atoms with Crippen LogP contribution in [0.25, 0.3) is 0 Å². The molecule has 2 heteroatoms. The third-order valence-electron chi connectivity index (χ3n) is 6.56. The minimum Gasteiger partial charge on any atom is -0.308 e. The van der Waals surface area contributed by atoms with E-state index in [1.165, 1.54) is 90.3 Å². The minimum atomic E-state index is 0.414. The van der Waals surface area contributed by atoms with E-state index in [1.54, 1.807) is 0 Å². The third-order valence-corrected chi connectivity index (χ3v) is 6.56. The van der Waals surface area contributed by atoms with Crippen molar-refractivity contribution in [1.29, 1.82) is 0 Å². The summed E-state index contributed by atoms with van der Waals surface area (Å²) in [6.07, 6.45) is 15.8. The molecule has 1 N–H and O–H groups in total. The Morgan fingerprint density at radius 2 is 1.76 bits per heavy atom. The Balaban J connectivity index is 1.57. The second-order valence-electron chi connectivity index (χ2n) is 8.31. The molecule has 3 aliphatic rings. The van der Waals surface area contributed by atoms with Crippen molar-refractivity contribution in [2.24, 2.45) is 5.92 Å². The summed E-state index contributed by atoms with van der Waals surface area (Å²) in [5, 5.41) is 3.99. The van der Waals surface area contributed by atoms with E-state index in [0.29, 0.717) is 11.1 Å². The van der Waals surface area contributed by atoms with Gasteiger partial charge >= 0.3 is 0 Å². The first kappa shape index (κ1) is 15.8. The van der Waals surface area contributed by atoms with Gasteiger partial charge in [0.25, 0.3) is 0 Å². The highest BCUT2D eigenvalue weighted by atomic mass is 15.3. The van der Waals surface area contributed by atoms with Crippen LogP contribution >= 0.6 is 0 Å². The zero-order chi connectivity index (χ0) is 14.8. The molecule has 1 aliphatic heterocycles. The van der Waals surface area contributed by atoms with Gasteiger partial charge in [-0.3, -0.25) is 4.90 Å². The van der Waals surface area contributed by atoms with Gasteiger partial charge in [0.05, 0.1) is 0 Å². The Bertz CT molecular complexity index is 330. The Labute approximate surface area is 132 Å². The van der Waals surface area contributed by atoms with Crippen LogP contribution in [0.4, 0.5) is 0 Å². The molecule has 21 heavy (non-hydrogen) atoms. The van der Waals surface area contributed by atoms with Crippen LogP contribution in [-0.4, -0.2) is 35.6 Å². The molecule has 2 saturated carbocycles. The van der Waals surface area contributed by atoms with Crippen LogP contribution in [0.1, 0.15) is 84.5 Å². The first-order valence-corrected chi connectivity index (χ1v) is 9.69. The summed E-state index contributed by atoms with van der Waals surface area (Å²) in [5.41, 5.74) is 0.941. The van der Waals surface area contributed by atoms with Crippen molar-refractivity contribution in [1.82, 2.24) is 10.2 Å². The van der Waals surface area contributed by atoms with Crippen molar-refractivity contribution >= 4 is 0 Å². The van der Waals surface area contributed by atoms with Gasteiger partial charge in [-0.15, -0.1) is 0 Å². The molecule has 2 aliphatic carbocycles. The Morgan fingerprint density at radius 3 is 2.43 bits per heavy atom. The van der Waals surface area contributed by atoms with Crippen LogP contribution in [0.3, 0.4) is 0 Å². The minimum absolute atomic E-state index is 0.414. The summed E-state index contributed by atoms with van der Waals surface area (Å²) < 4.78 is 0. The SMILES string of the molecule is CCCCCCCN1CC(C)(C2CC2)NCC12CCCC2. The highest BCUT2D eigenvalue weighted by Gasteiger charge is 2.51. The van der Waals surface area contributed by atoms with Gasteiger partial charge in [0, 0.05) is 24.2 Å². The van der Waals surface area contributed by atoms with Crippen molar-refractivity contribution in [3.05, 3.63) is 0 Å². The van der Waals surface area contributed by atoms with E-state index in [9.17, 15) is 0 Å². The first-order chi connectivity index (χ1) is 10.2. The fraction of sp³-hybridized carbons (Fsp3) is 1.00.